The number of benzene rings is 1. The Balaban J connectivity index is 2.37. The number of hydrogen-bond donors (Lipinski definition) is 1. The van der Waals surface area contributed by atoms with E-state index in [1.165, 1.54) is 0 Å². The summed E-state index contributed by atoms with van der Waals surface area (Å²) in [4.78, 5) is 24.4. The number of carboxylic acid groups (broad SMARTS) is 1. The first-order valence-electron chi connectivity index (χ1n) is 6.49. The van der Waals surface area contributed by atoms with E-state index in [4.69, 9.17) is 5.11 Å². The van der Waals surface area contributed by atoms with Crippen molar-refractivity contribution in [3.8, 4) is 0 Å². The molecule has 1 aliphatic heterocycles. The van der Waals surface area contributed by atoms with Crippen LogP contribution in [0.5, 0.6) is 0 Å². The first-order chi connectivity index (χ1) is 9.81. The molecule has 1 fully saturated rings. The lowest BCUT2D eigenvalue weighted by Crippen LogP contribution is -2.50. The number of rotatable bonds is 2. The van der Waals surface area contributed by atoms with Crippen LogP contribution in [-0.2, 0) is 4.79 Å². The van der Waals surface area contributed by atoms with Crippen LogP contribution in [0.1, 0.15) is 30.1 Å². The lowest BCUT2D eigenvalue weighted by Gasteiger charge is -2.36. The van der Waals surface area contributed by atoms with Crippen LogP contribution in [-0.4, -0.2) is 34.5 Å². The minimum absolute atomic E-state index is 0.0905. The van der Waals surface area contributed by atoms with Crippen LogP contribution >= 0.6 is 0 Å². The lowest BCUT2D eigenvalue weighted by molar-refractivity contribution is -0.144. The van der Waals surface area contributed by atoms with Crippen molar-refractivity contribution < 1.29 is 27.9 Å². The Kier molecular flexibility index (Phi) is 4.20. The number of hydrogen-bond acceptors (Lipinski definition) is 2. The summed E-state index contributed by atoms with van der Waals surface area (Å²) in [5, 5.41) is 9.16. The largest absolute Gasteiger partial charge is 0.480 e. The van der Waals surface area contributed by atoms with E-state index in [2.05, 4.69) is 0 Å². The van der Waals surface area contributed by atoms with E-state index in [0.29, 0.717) is 18.6 Å². The summed E-state index contributed by atoms with van der Waals surface area (Å²) in [6.45, 7) is 1.93. The molecule has 1 aromatic rings. The van der Waals surface area contributed by atoms with E-state index >= 15 is 0 Å². The summed E-state index contributed by atoms with van der Waals surface area (Å²) in [7, 11) is 0. The molecular weight excluding hydrogens is 287 g/mol. The quantitative estimate of drug-likeness (QED) is 0.912. The number of halogens is 3. The number of carbonyl (C=O) groups is 2. The Labute approximate surface area is 119 Å². The molecule has 21 heavy (non-hydrogen) atoms. The number of likely N-dealkylation sites (tertiary alicyclic amines) is 1. The smallest absolute Gasteiger partial charge is 0.326 e. The van der Waals surface area contributed by atoms with Gasteiger partial charge < -0.3 is 10.0 Å². The molecule has 4 nitrogen and oxygen atoms in total. The molecule has 1 aromatic carbocycles. The van der Waals surface area contributed by atoms with Gasteiger partial charge in [0.05, 0.1) is 0 Å². The van der Waals surface area contributed by atoms with E-state index in [0.717, 1.165) is 4.90 Å². The van der Waals surface area contributed by atoms with Gasteiger partial charge in [-0.05, 0) is 18.8 Å². The van der Waals surface area contributed by atoms with Gasteiger partial charge >= 0.3 is 5.97 Å². The van der Waals surface area contributed by atoms with Crippen LogP contribution in [0, 0.1) is 23.4 Å². The van der Waals surface area contributed by atoms with E-state index < -0.39 is 40.9 Å². The third-order valence-corrected chi connectivity index (χ3v) is 3.63. The van der Waals surface area contributed by atoms with Gasteiger partial charge in [0.1, 0.15) is 29.1 Å². The van der Waals surface area contributed by atoms with Gasteiger partial charge in [0, 0.05) is 18.7 Å². The SMILES string of the molecule is CC1CCN(C(=O)c2c(F)cc(F)cc2F)C(C(=O)O)C1. The van der Waals surface area contributed by atoms with Gasteiger partial charge in [0.25, 0.3) is 5.91 Å². The second-order valence-corrected chi connectivity index (χ2v) is 5.23. The average Bonchev–Trinajstić information content (AvgIpc) is 2.36. The van der Waals surface area contributed by atoms with Crippen LogP contribution in [0.4, 0.5) is 13.2 Å². The Hall–Kier alpha value is -2.05. The van der Waals surface area contributed by atoms with Gasteiger partial charge in [0.2, 0.25) is 0 Å². The molecule has 0 radical (unpaired) electrons. The summed E-state index contributed by atoms with van der Waals surface area (Å²) in [5.74, 6) is -6.00. The van der Waals surface area contributed by atoms with Crippen molar-refractivity contribution in [2.75, 3.05) is 6.54 Å². The van der Waals surface area contributed by atoms with E-state index in [1.54, 1.807) is 0 Å². The molecule has 0 aromatic heterocycles. The third kappa shape index (κ3) is 3.01. The van der Waals surface area contributed by atoms with Crippen LogP contribution in [0.3, 0.4) is 0 Å². The molecule has 114 valence electrons. The van der Waals surface area contributed by atoms with Crippen LogP contribution in [0.15, 0.2) is 12.1 Å². The minimum Gasteiger partial charge on any atom is -0.480 e. The monoisotopic (exact) mass is 301 g/mol. The molecule has 7 heteroatoms. The zero-order valence-electron chi connectivity index (χ0n) is 11.3. The molecule has 0 saturated carbocycles. The number of amides is 1. The number of carbonyl (C=O) groups excluding carboxylic acids is 1. The van der Waals surface area contributed by atoms with Gasteiger partial charge in [-0.25, -0.2) is 18.0 Å². The number of aliphatic carboxylic acids is 1. The van der Waals surface area contributed by atoms with Crippen molar-refractivity contribution in [1.82, 2.24) is 4.90 Å². The van der Waals surface area contributed by atoms with Crippen molar-refractivity contribution in [3.63, 3.8) is 0 Å². The van der Waals surface area contributed by atoms with Crippen molar-refractivity contribution in [2.45, 2.75) is 25.8 Å². The molecule has 0 spiro atoms. The summed E-state index contributed by atoms with van der Waals surface area (Å²) >= 11 is 0. The Morgan fingerprint density at radius 3 is 2.33 bits per heavy atom. The first kappa shape index (κ1) is 15.3. The van der Waals surface area contributed by atoms with E-state index in [-0.39, 0.29) is 18.9 Å². The second-order valence-electron chi connectivity index (χ2n) is 5.23. The highest BCUT2D eigenvalue weighted by molar-refractivity contribution is 5.97. The maximum atomic E-state index is 13.6. The van der Waals surface area contributed by atoms with Crippen LogP contribution in [0.25, 0.3) is 0 Å². The third-order valence-electron chi connectivity index (χ3n) is 3.63. The predicted octanol–water partition coefficient (Wildman–Crippen LogP) is 2.43. The highest BCUT2D eigenvalue weighted by Crippen LogP contribution is 2.26. The fourth-order valence-corrected chi connectivity index (χ4v) is 2.51. The maximum absolute atomic E-state index is 13.6. The molecule has 1 heterocycles. The highest BCUT2D eigenvalue weighted by Gasteiger charge is 2.37. The fourth-order valence-electron chi connectivity index (χ4n) is 2.51. The van der Waals surface area contributed by atoms with E-state index in [9.17, 15) is 22.8 Å². The Morgan fingerprint density at radius 2 is 1.81 bits per heavy atom. The normalized spacial score (nSPS) is 22.2. The topological polar surface area (TPSA) is 57.6 Å². The summed E-state index contributed by atoms with van der Waals surface area (Å²) in [6.07, 6.45) is 0.755. The predicted molar refractivity (Wildman–Crippen MR) is 67.2 cm³/mol. The summed E-state index contributed by atoms with van der Waals surface area (Å²) in [5.41, 5.74) is -0.919. The van der Waals surface area contributed by atoms with Gasteiger partial charge in [0.15, 0.2) is 0 Å². The zero-order valence-corrected chi connectivity index (χ0v) is 11.3. The molecule has 1 saturated heterocycles. The van der Waals surface area contributed by atoms with Gasteiger partial charge in [-0.1, -0.05) is 6.92 Å². The minimum atomic E-state index is -1.33. The van der Waals surface area contributed by atoms with E-state index in [1.807, 2.05) is 6.92 Å². The van der Waals surface area contributed by atoms with Gasteiger partial charge in [-0.3, -0.25) is 4.79 Å². The Morgan fingerprint density at radius 1 is 1.24 bits per heavy atom. The zero-order chi connectivity index (χ0) is 15.7. The van der Waals surface area contributed by atoms with Gasteiger partial charge in [-0.15, -0.1) is 0 Å². The second kappa shape index (κ2) is 5.75. The number of carboxylic acids is 1. The average molecular weight is 301 g/mol. The molecule has 1 aliphatic rings. The molecule has 0 aliphatic carbocycles. The summed E-state index contributed by atoms with van der Waals surface area (Å²) in [6, 6.07) is -0.331. The molecule has 0 bridgehead atoms. The van der Waals surface area contributed by atoms with Crippen LogP contribution < -0.4 is 0 Å². The highest BCUT2D eigenvalue weighted by atomic mass is 19.1. The van der Waals surface area contributed by atoms with Crippen molar-refractivity contribution in [2.24, 2.45) is 5.92 Å². The first-order valence-corrected chi connectivity index (χ1v) is 6.49. The maximum Gasteiger partial charge on any atom is 0.326 e. The van der Waals surface area contributed by atoms with Crippen molar-refractivity contribution in [1.29, 1.82) is 0 Å². The van der Waals surface area contributed by atoms with Crippen molar-refractivity contribution in [3.05, 3.63) is 35.1 Å². The standard InChI is InChI=1S/C14H14F3NO3/c1-7-2-3-18(11(4-7)14(20)21)13(19)12-9(16)5-8(15)6-10(12)17/h5-7,11H,2-4H2,1H3,(H,20,21). The van der Waals surface area contributed by atoms with Gasteiger partial charge in [-0.2, -0.15) is 0 Å². The molecule has 2 rings (SSSR count). The number of nitrogens with zero attached hydrogens (tertiary/aromatic N) is 1. The number of piperidine rings is 1. The molecule has 1 N–H and O–H groups in total. The molecule has 2 unspecified atom stereocenters. The molecule has 2 atom stereocenters. The molecule has 1 amide bonds. The van der Waals surface area contributed by atoms with Crippen molar-refractivity contribution >= 4 is 11.9 Å². The molecular formula is C14H14F3NO3. The Bertz CT molecular complexity index is 568. The van der Waals surface area contributed by atoms with Crippen LogP contribution in [0.2, 0.25) is 0 Å². The lowest BCUT2D eigenvalue weighted by atomic mass is 9.92. The fraction of sp³-hybridized carbons (Fsp3) is 0.429. The summed E-state index contributed by atoms with van der Waals surface area (Å²) < 4.78 is 40.2.